The third-order valence-electron chi connectivity index (χ3n) is 3.37. The Kier molecular flexibility index (Phi) is 4.86. The molecule has 0 unspecified atom stereocenters. The van der Waals surface area contributed by atoms with Gasteiger partial charge in [-0.3, -0.25) is 9.59 Å². The zero-order valence-corrected chi connectivity index (χ0v) is 13.7. The fourth-order valence-corrected chi connectivity index (χ4v) is 3.00. The molecule has 1 heterocycles. The number of carbonyl (C=O) groups is 2. The second-order valence-corrected chi connectivity index (χ2v) is 6.16. The zero-order valence-electron chi connectivity index (χ0n) is 12.9. The molecule has 0 spiro atoms. The van der Waals surface area contributed by atoms with Gasteiger partial charge in [-0.05, 0) is 30.3 Å². The minimum atomic E-state index is -0.232. The normalized spacial score (nSPS) is 12.6. The number of amides is 2. The molecule has 5 nitrogen and oxygen atoms in total. The van der Waals surface area contributed by atoms with Gasteiger partial charge in [0.1, 0.15) is 5.75 Å². The quantitative estimate of drug-likeness (QED) is 0.645. The monoisotopic (exact) mass is 340 g/mol. The molecule has 1 aliphatic rings. The summed E-state index contributed by atoms with van der Waals surface area (Å²) in [5, 5.41) is 5.61. The number of thioether (sulfide) groups is 1. The molecule has 0 atom stereocenters. The van der Waals surface area contributed by atoms with Crippen molar-refractivity contribution in [3.63, 3.8) is 0 Å². The summed E-state index contributed by atoms with van der Waals surface area (Å²) in [4.78, 5) is 24.8. The predicted octanol–water partition coefficient (Wildman–Crippen LogP) is 3.55. The molecule has 0 saturated heterocycles. The van der Waals surface area contributed by atoms with E-state index >= 15 is 0 Å². The van der Waals surface area contributed by atoms with Crippen molar-refractivity contribution in [2.75, 3.05) is 23.0 Å². The fraction of sp³-hybridized carbons (Fsp3) is 0.111. The van der Waals surface area contributed by atoms with Crippen LogP contribution >= 0.6 is 11.8 Å². The average molecular weight is 340 g/mol. The lowest BCUT2D eigenvalue weighted by atomic mass is 10.1. The second kappa shape index (κ2) is 7.23. The summed E-state index contributed by atoms with van der Waals surface area (Å²) in [6.07, 6.45) is 1.82. The number of para-hydroxylation sites is 1. The summed E-state index contributed by atoms with van der Waals surface area (Å²) in [5.74, 6) is 0.827. The predicted molar refractivity (Wildman–Crippen MR) is 95.9 cm³/mol. The van der Waals surface area contributed by atoms with E-state index in [0.29, 0.717) is 17.0 Å². The van der Waals surface area contributed by atoms with Crippen LogP contribution in [-0.4, -0.2) is 24.2 Å². The number of nitrogens with one attached hydrogen (secondary N) is 2. The summed E-state index contributed by atoms with van der Waals surface area (Å²) >= 11 is 1.60. The molecule has 1 aliphatic heterocycles. The molecule has 0 radical (unpaired) electrons. The van der Waals surface area contributed by atoms with Crippen LogP contribution in [0, 0.1) is 0 Å². The smallest absolute Gasteiger partial charge is 0.262 e. The van der Waals surface area contributed by atoms with Gasteiger partial charge in [0.2, 0.25) is 0 Å². The molecule has 24 heavy (non-hydrogen) atoms. The van der Waals surface area contributed by atoms with Crippen LogP contribution in [0.3, 0.4) is 0 Å². The molecule has 2 N–H and O–H groups in total. The van der Waals surface area contributed by atoms with Crippen LogP contribution in [0.4, 0.5) is 11.4 Å². The van der Waals surface area contributed by atoms with Crippen LogP contribution in [0.2, 0.25) is 0 Å². The van der Waals surface area contributed by atoms with E-state index in [4.69, 9.17) is 4.74 Å². The molecule has 2 amide bonds. The van der Waals surface area contributed by atoms with E-state index in [1.54, 1.807) is 30.0 Å². The average Bonchev–Trinajstić information content (AvgIpc) is 2.60. The van der Waals surface area contributed by atoms with Gasteiger partial charge in [-0.1, -0.05) is 18.2 Å². The maximum atomic E-state index is 12.5. The van der Waals surface area contributed by atoms with Crippen molar-refractivity contribution >= 4 is 35.0 Å². The Morgan fingerprint density at radius 3 is 3.00 bits per heavy atom. The second-order valence-electron chi connectivity index (χ2n) is 5.10. The van der Waals surface area contributed by atoms with Crippen molar-refractivity contribution < 1.29 is 14.3 Å². The van der Waals surface area contributed by atoms with Gasteiger partial charge >= 0.3 is 0 Å². The van der Waals surface area contributed by atoms with E-state index in [1.807, 2.05) is 30.3 Å². The Labute approximate surface area is 144 Å². The van der Waals surface area contributed by atoms with Crippen molar-refractivity contribution in [1.82, 2.24) is 0 Å². The fourth-order valence-electron chi connectivity index (χ4n) is 2.25. The highest BCUT2D eigenvalue weighted by Gasteiger charge is 2.18. The SMILES string of the molecule is C=CCSc1ccccc1NC(=O)c1ccc2c(c1)OCC(=O)N2. The summed E-state index contributed by atoms with van der Waals surface area (Å²) < 4.78 is 5.35. The first-order valence-electron chi connectivity index (χ1n) is 7.38. The van der Waals surface area contributed by atoms with Crippen molar-refractivity contribution in [3.8, 4) is 5.75 Å². The van der Waals surface area contributed by atoms with E-state index in [1.165, 1.54) is 0 Å². The lowest BCUT2D eigenvalue weighted by molar-refractivity contribution is -0.118. The first-order chi connectivity index (χ1) is 11.7. The van der Waals surface area contributed by atoms with Gasteiger partial charge in [0.25, 0.3) is 11.8 Å². The van der Waals surface area contributed by atoms with E-state index in [9.17, 15) is 9.59 Å². The molecular formula is C18H16N2O3S. The van der Waals surface area contributed by atoms with Crippen LogP contribution < -0.4 is 15.4 Å². The van der Waals surface area contributed by atoms with Crippen molar-refractivity contribution in [2.24, 2.45) is 0 Å². The minimum Gasteiger partial charge on any atom is -0.482 e. The van der Waals surface area contributed by atoms with Gasteiger partial charge < -0.3 is 15.4 Å². The summed E-state index contributed by atoms with van der Waals surface area (Å²) in [7, 11) is 0. The molecule has 122 valence electrons. The third kappa shape index (κ3) is 3.60. The third-order valence-corrected chi connectivity index (χ3v) is 4.44. The number of anilines is 2. The molecule has 0 saturated carbocycles. The van der Waals surface area contributed by atoms with E-state index in [2.05, 4.69) is 17.2 Å². The van der Waals surface area contributed by atoms with Crippen molar-refractivity contribution in [1.29, 1.82) is 0 Å². The molecule has 2 aromatic rings. The summed E-state index contributed by atoms with van der Waals surface area (Å²) in [6.45, 7) is 3.67. The molecule has 6 heteroatoms. The van der Waals surface area contributed by atoms with E-state index in [-0.39, 0.29) is 18.4 Å². The van der Waals surface area contributed by atoms with Gasteiger partial charge in [0, 0.05) is 16.2 Å². The van der Waals surface area contributed by atoms with Crippen LogP contribution in [0.25, 0.3) is 0 Å². The standard InChI is InChI=1S/C18H16N2O3S/c1-2-9-24-16-6-4-3-5-14(16)20-18(22)12-7-8-13-15(10-12)23-11-17(21)19-13/h2-8,10H,1,9,11H2,(H,19,21)(H,20,22). The highest BCUT2D eigenvalue weighted by Crippen LogP contribution is 2.30. The van der Waals surface area contributed by atoms with Gasteiger partial charge in [-0.25, -0.2) is 0 Å². The molecule has 2 aromatic carbocycles. The lowest BCUT2D eigenvalue weighted by Crippen LogP contribution is -2.25. The Balaban J connectivity index is 1.78. The number of fused-ring (bicyclic) bond motifs is 1. The van der Waals surface area contributed by atoms with Crippen LogP contribution in [-0.2, 0) is 4.79 Å². The van der Waals surface area contributed by atoms with Gasteiger partial charge in [-0.2, -0.15) is 0 Å². The number of ether oxygens (including phenoxy) is 1. The largest absolute Gasteiger partial charge is 0.482 e. The summed E-state index contributed by atoms with van der Waals surface area (Å²) in [6, 6.07) is 12.6. The highest BCUT2D eigenvalue weighted by molar-refractivity contribution is 7.99. The molecular weight excluding hydrogens is 324 g/mol. The summed E-state index contributed by atoms with van der Waals surface area (Å²) in [5.41, 5.74) is 1.79. The highest BCUT2D eigenvalue weighted by atomic mass is 32.2. The van der Waals surface area contributed by atoms with Crippen molar-refractivity contribution in [2.45, 2.75) is 4.90 Å². The van der Waals surface area contributed by atoms with Crippen LogP contribution in [0.1, 0.15) is 10.4 Å². The number of benzene rings is 2. The van der Waals surface area contributed by atoms with Crippen LogP contribution in [0.15, 0.2) is 60.0 Å². The first kappa shape index (κ1) is 16.1. The zero-order chi connectivity index (χ0) is 16.9. The van der Waals surface area contributed by atoms with Gasteiger partial charge in [-0.15, -0.1) is 18.3 Å². The first-order valence-corrected chi connectivity index (χ1v) is 8.36. The molecule has 0 aliphatic carbocycles. The molecule has 3 rings (SSSR count). The van der Waals surface area contributed by atoms with Gasteiger partial charge in [0.15, 0.2) is 6.61 Å². The van der Waals surface area contributed by atoms with Crippen LogP contribution in [0.5, 0.6) is 5.75 Å². The molecule has 0 fully saturated rings. The van der Waals surface area contributed by atoms with E-state index < -0.39 is 0 Å². The maximum absolute atomic E-state index is 12.5. The lowest BCUT2D eigenvalue weighted by Gasteiger charge is -2.18. The number of rotatable bonds is 5. The van der Waals surface area contributed by atoms with Gasteiger partial charge in [0.05, 0.1) is 11.4 Å². The van der Waals surface area contributed by atoms with E-state index in [0.717, 1.165) is 16.3 Å². The Hall–Kier alpha value is -2.73. The topological polar surface area (TPSA) is 67.4 Å². The minimum absolute atomic E-state index is 0.0426. The maximum Gasteiger partial charge on any atom is 0.262 e. The number of carbonyl (C=O) groups excluding carboxylic acids is 2. The Morgan fingerprint density at radius 2 is 2.17 bits per heavy atom. The Morgan fingerprint density at radius 1 is 1.33 bits per heavy atom. The number of hydrogen-bond acceptors (Lipinski definition) is 4. The number of hydrogen-bond donors (Lipinski definition) is 2. The molecule has 0 bridgehead atoms. The Bertz CT molecular complexity index is 805. The van der Waals surface area contributed by atoms with Crippen molar-refractivity contribution in [3.05, 3.63) is 60.7 Å². The molecule has 0 aromatic heterocycles.